The van der Waals surface area contributed by atoms with E-state index in [-0.39, 0.29) is 0 Å². The van der Waals surface area contributed by atoms with E-state index in [1.165, 1.54) is 11.1 Å². The van der Waals surface area contributed by atoms with Crippen LogP contribution in [0.2, 0.25) is 0 Å². The van der Waals surface area contributed by atoms with Crippen LogP contribution in [0, 0.1) is 6.08 Å². The summed E-state index contributed by atoms with van der Waals surface area (Å²) in [6.45, 7) is 2.19. The van der Waals surface area contributed by atoms with E-state index in [0.29, 0.717) is 5.92 Å². The Balaban J connectivity index is 2.59. The number of rotatable bonds is 0. The lowest BCUT2D eigenvalue weighted by Gasteiger charge is -2.01. The molecule has 0 heteroatoms. The topological polar surface area (TPSA) is 0 Å². The molecular weight excluding hydrogens is 120 g/mol. The van der Waals surface area contributed by atoms with E-state index in [1.54, 1.807) is 0 Å². The van der Waals surface area contributed by atoms with Crippen LogP contribution < -0.4 is 0 Å². The van der Waals surface area contributed by atoms with E-state index in [1.807, 2.05) is 0 Å². The zero-order valence-electron chi connectivity index (χ0n) is 5.96. The molecule has 49 valence electrons. The molecule has 0 amide bonds. The van der Waals surface area contributed by atoms with Crippen molar-refractivity contribution >= 4 is 0 Å². The summed E-state index contributed by atoms with van der Waals surface area (Å²) in [5.41, 5.74) is 2.66. The van der Waals surface area contributed by atoms with E-state index in [2.05, 4.69) is 43.3 Å². The average molecular weight is 129 g/mol. The van der Waals surface area contributed by atoms with Gasteiger partial charge in [0.05, 0.1) is 0 Å². The van der Waals surface area contributed by atoms with Gasteiger partial charge in [0.2, 0.25) is 0 Å². The van der Waals surface area contributed by atoms with Crippen molar-refractivity contribution < 1.29 is 0 Å². The molecule has 0 bridgehead atoms. The van der Waals surface area contributed by atoms with Gasteiger partial charge < -0.3 is 0 Å². The smallest absolute Gasteiger partial charge is 0.000514 e. The predicted octanol–water partition coefficient (Wildman–Crippen LogP) is 2.51. The third kappa shape index (κ3) is 0.688. The van der Waals surface area contributed by atoms with Gasteiger partial charge in [-0.1, -0.05) is 37.3 Å². The Morgan fingerprint density at radius 3 is 2.90 bits per heavy atom. The van der Waals surface area contributed by atoms with Crippen LogP contribution in [0.25, 0.3) is 0 Å². The second-order valence-electron chi connectivity index (χ2n) is 2.69. The van der Waals surface area contributed by atoms with E-state index in [0.717, 1.165) is 0 Å². The van der Waals surface area contributed by atoms with Crippen molar-refractivity contribution in [3.8, 4) is 0 Å². The van der Waals surface area contributed by atoms with Gasteiger partial charge >= 0.3 is 0 Å². The van der Waals surface area contributed by atoms with Crippen LogP contribution >= 0.6 is 0 Å². The van der Waals surface area contributed by atoms with Crippen LogP contribution in [-0.2, 0) is 0 Å². The molecule has 1 radical (unpaired) electrons. The van der Waals surface area contributed by atoms with Crippen molar-refractivity contribution in [1.82, 2.24) is 0 Å². The van der Waals surface area contributed by atoms with Crippen LogP contribution in [0.1, 0.15) is 24.0 Å². The molecule has 1 aromatic carbocycles. The van der Waals surface area contributed by atoms with Gasteiger partial charge in [-0.2, -0.15) is 0 Å². The highest BCUT2D eigenvalue weighted by Crippen LogP contribution is 2.26. The first kappa shape index (κ1) is 5.72. The summed E-state index contributed by atoms with van der Waals surface area (Å²) in [6, 6.07) is 8.40. The molecule has 10 heavy (non-hydrogen) atoms. The second-order valence-corrected chi connectivity index (χ2v) is 2.69. The Morgan fingerprint density at radius 2 is 2.10 bits per heavy atom. The van der Waals surface area contributed by atoms with Crippen LogP contribution in [0.15, 0.2) is 30.3 Å². The van der Waals surface area contributed by atoms with Crippen LogP contribution in [0.3, 0.4) is 0 Å². The summed E-state index contributed by atoms with van der Waals surface area (Å²) in [4.78, 5) is 0. The third-order valence-electron chi connectivity index (χ3n) is 1.94. The van der Waals surface area contributed by atoms with Gasteiger partial charge in [-0.05, 0) is 17.2 Å². The summed E-state index contributed by atoms with van der Waals surface area (Å²) in [5, 5.41) is 0. The molecular formula is C10H9. The molecule has 0 aliphatic heterocycles. The van der Waals surface area contributed by atoms with Crippen molar-refractivity contribution in [1.29, 1.82) is 0 Å². The quantitative estimate of drug-likeness (QED) is 0.505. The highest BCUT2D eigenvalue weighted by atomic mass is 14.1. The molecule has 1 aliphatic rings. The van der Waals surface area contributed by atoms with Gasteiger partial charge in [0.1, 0.15) is 0 Å². The predicted molar refractivity (Wildman–Crippen MR) is 41.8 cm³/mol. The molecule has 0 saturated carbocycles. The van der Waals surface area contributed by atoms with Crippen LogP contribution in [-0.4, -0.2) is 0 Å². The minimum Gasteiger partial charge on any atom is -0.0688 e. The second kappa shape index (κ2) is 1.98. The van der Waals surface area contributed by atoms with E-state index < -0.39 is 0 Å². The molecule has 0 N–H and O–H groups in total. The normalized spacial score (nSPS) is 21.1. The molecule has 1 aromatic rings. The number of allylic oxidation sites excluding steroid dienone is 1. The largest absolute Gasteiger partial charge is 0.0688 e. The summed E-state index contributed by atoms with van der Waals surface area (Å²) in [6.07, 6.45) is 5.34. The van der Waals surface area contributed by atoms with Gasteiger partial charge in [-0.15, -0.1) is 0 Å². The van der Waals surface area contributed by atoms with Crippen molar-refractivity contribution in [2.24, 2.45) is 0 Å². The Labute approximate surface area is 61.2 Å². The maximum absolute atomic E-state index is 3.22. The fraction of sp³-hybridized carbons (Fsp3) is 0.200. The van der Waals surface area contributed by atoms with E-state index in [9.17, 15) is 0 Å². The zero-order valence-corrected chi connectivity index (χ0v) is 5.96. The average Bonchev–Trinajstić information content (AvgIpc) is 2.34. The molecule has 0 aromatic heterocycles. The van der Waals surface area contributed by atoms with Crippen LogP contribution in [0.5, 0.6) is 0 Å². The lowest BCUT2D eigenvalue weighted by molar-refractivity contribution is 0.989. The SMILES string of the molecule is CC1C=[C]c2ccccc21. The molecule has 1 atom stereocenters. The Morgan fingerprint density at radius 1 is 1.30 bits per heavy atom. The fourth-order valence-corrected chi connectivity index (χ4v) is 1.33. The maximum Gasteiger partial charge on any atom is 0.000514 e. The van der Waals surface area contributed by atoms with Crippen molar-refractivity contribution in [2.45, 2.75) is 12.8 Å². The van der Waals surface area contributed by atoms with E-state index in [4.69, 9.17) is 0 Å². The van der Waals surface area contributed by atoms with Crippen LogP contribution in [0.4, 0.5) is 0 Å². The standard InChI is InChI=1S/C10H9/c1-8-6-7-9-4-2-3-5-10(8)9/h2-6,8H,1H3. The molecule has 0 spiro atoms. The highest BCUT2D eigenvalue weighted by Gasteiger charge is 2.10. The lowest BCUT2D eigenvalue weighted by Crippen LogP contribution is -1.84. The molecule has 1 unspecified atom stereocenters. The van der Waals surface area contributed by atoms with Gasteiger partial charge in [0, 0.05) is 5.92 Å². The Bertz CT molecular complexity index is 271. The summed E-state index contributed by atoms with van der Waals surface area (Å²) >= 11 is 0. The minimum absolute atomic E-state index is 0.566. The molecule has 0 nitrogen and oxygen atoms in total. The maximum atomic E-state index is 3.22. The summed E-state index contributed by atoms with van der Waals surface area (Å²) < 4.78 is 0. The lowest BCUT2D eigenvalue weighted by atomic mass is 10.0. The summed E-state index contributed by atoms with van der Waals surface area (Å²) in [7, 11) is 0. The number of fused-ring (bicyclic) bond motifs is 1. The Hall–Kier alpha value is -1.04. The first-order valence-corrected chi connectivity index (χ1v) is 3.57. The zero-order chi connectivity index (χ0) is 6.97. The van der Waals surface area contributed by atoms with Gasteiger partial charge in [0.15, 0.2) is 0 Å². The van der Waals surface area contributed by atoms with Crippen molar-refractivity contribution in [3.05, 3.63) is 47.5 Å². The monoisotopic (exact) mass is 129 g/mol. The highest BCUT2D eigenvalue weighted by molar-refractivity contribution is 5.41. The van der Waals surface area contributed by atoms with Gasteiger partial charge in [0.25, 0.3) is 0 Å². The van der Waals surface area contributed by atoms with Crippen molar-refractivity contribution in [2.75, 3.05) is 0 Å². The number of hydrogen-bond acceptors (Lipinski definition) is 0. The number of hydrogen-bond donors (Lipinski definition) is 0. The Kier molecular flexibility index (Phi) is 1.13. The summed E-state index contributed by atoms with van der Waals surface area (Å²) in [5.74, 6) is 0.566. The van der Waals surface area contributed by atoms with Gasteiger partial charge in [-0.3, -0.25) is 0 Å². The van der Waals surface area contributed by atoms with Gasteiger partial charge in [-0.25, -0.2) is 0 Å². The molecule has 0 heterocycles. The first-order chi connectivity index (χ1) is 4.88. The molecule has 2 rings (SSSR count). The third-order valence-corrected chi connectivity index (χ3v) is 1.94. The minimum atomic E-state index is 0.566. The molecule has 0 saturated heterocycles. The first-order valence-electron chi connectivity index (χ1n) is 3.57. The fourth-order valence-electron chi connectivity index (χ4n) is 1.33. The molecule has 1 aliphatic carbocycles. The molecule has 0 fully saturated rings. The number of benzene rings is 1. The van der Waals surface area contributed by atoms with Crippen molar-refractivity contribution in [3.63, 3.8) is 0 Å². The van der Waals surface area contributed by atoms with E-state index >= 15 is 0 Å².